The smallest absolute Gasteiger partial charge is 0.341 e. The van der Waals surface area contributed by atoms with Gasteiger partial charge in [-0.2, -0.15) is 0 Å². The van der Waals surface area contributed by atoms with Gasteiger partial charge in [0, 0.05) is 20.0 Å². The summed E-state index contributed by atoms with van der Waals surface area (Å²) in [5.41, 5.74) is -1.25. The number of hydrogen-bond donors (Lipinski definition) is 1. The number of epoxide rings is 1. The van der Waals surface area contributed by atoms with Crippen molar-refractivity contribution in [2.45, 2.75) is 68.7 Å². The van der Waals surface area contributed by atoms with E-state index in [9.17, 15) is 14.7 Å². The second-order valence-corrected chi connectivity index (χ2v) is 8.87. The molecule has 6 atom stereocenters. The summed E-state index contributed by atoms with van der Waals surface area (Å²) in [6, 6.07) is 0. The molecule has 4 rings (SSSR count). The minimum absolute atomic E-state index is 0.121. The van der Waals surface area contributed by atoms with E-state index in [1.54, 1.807) is 6.92 Å². The molecule has 30 heavy (non-hydrogen) atoms. The molecule has 0 aromatic carbocycles. The second-order valence-electron chi connectivity index (χ2n) is 8.87. The van der Waals surface area contributed by atoms with Crippen molar-refractivity contribution >= 4 is 11.9 Å². The van der Waals surface area contributed by atoms with Gasteiger partial charge in [-0.1, -0.05) is 12.2 Å². The van der Waals surface area contributed by atoms with Gasteiger partial charge in [-0.05, 0) is 44.8 Å². The van der Waals surface area contributed by atoms with Crippen LogP contribution in [0, 0.1) is 5.92 Å². The molecule has 0 amide bonds. The van der Waals surface area contributed by atoms with Crippen LogP contribution < -0.4 is 0 Å². The number of carbonyl (C=O) groups excluding carboxylic acids is 2. The van der Waals surface area contributed by atoms with Crippen molar-refractivity contribution in [2.75, 3.05) is 14.2 Å². The Morgan fingerprint density at radius 1 is 1.33 bits per heavy atom. The molecule has 8 heteroatoms. The first kappa shape index (κ1) is 21.1. The van der Waals surface area contributed by atoms with Crippen LogP contribution in [0.1, 0.15) is 39.5 Å². The minimum atomic E-state index is -1.38. The molecule has 4 heterocycles. The molecule has 0 aromatic rings. The number of fused-ring (bicyclic) bond motifs is 2. The van der Waals surface area contributed by atoms with Crippen molar-refractivity contribution < 1.29 is 38.4 Å². The quantitative estimate of drug-likeness (QED) is 0.420. The van der Waals surface area contributed by atoms with Crippen molar-refractivity contribution in [2.24, 2.45) is 5.92 Å². The Balaban J connectivity index is 1.77. The molecule has 0 radical (unpaired) electrons. The third kappa shape index (κ3) is 3.27. The SMILES string of the molecule is C=C(C)C1CCC23OC2C(CC(C)(O)C=C2C=C(C(=O)OC)C(OC)(C1)O2)OC3=O. The van der Waals surface area contributed by atoms with E-state index in [2.05, 4.69) is 6.58 Å². The predicted octanol–water partition coefficient (Wildman–Crippen LogP) is 1.92. The van der Waals surface area contributed by atoms with Gasteiger partial charge in [0.25, 0.3) is 0 Å². The number of allylic oxidation sites excluding steroid dienone is 2. The van der Waals surface area contributed by atoms with E-state index in [0.717, 1.165) is 5.57 Å². The largest absolute Gasteiger partial charge is 0.465 e. The Morgan fingerprint density at radius 2 is 2.07 bits per heavy atom. The number of carbonyl (C=O) groups is 2. The fourth-order valence-corrected chi connectivity index (χ4v) is 4.80. The third-order valence-corrected chi connectivity index (χ3v) is 6.54. The van der Waals surface area contributed by atoms with Gasteiger partial charge in [0.15, 0.2) is 5.60 Å². The highest BCUT2D eigenvalue weighted by molar-refractivity contribution is 5.91. The topological polar surface area (TPSA) is 104 Å². The summed E-state index contributed by atoms with van der Waals surface area (Å²) < 4.78 is 28.1. The summed E-state index contributed by atoms with van der Waals surface area (Å²) in [5.74, 6) is -2.17. The van der Waals surface area contributed by atoms with Crippen LogP contribution in [-0.2, 0) is 33.3 Å². The van der Waals surface area contributed by atoms with Crippen LogP contribution in [0.4, 0.5) is 0 Å². The average molecular weight is 420 g/mol. The number of ether oxygens (including phenoxy) is 5. The van der Waals surface area contributed by atoms with Crippen LogP contribution in [0.2, 0.25) is 0 Å². The second kappa shape index (κ2) is 6.93. The third-order valence-electron chi connectivity index (χ3n) is 6.54. The van der Waals surface area contributed by atoms with Crippen molar-refractivity contribution in [1.29, 1.82) is 0 Å². The molecule has 4 bridgehead atoms. The molecule has 0 aliphatic carbocycles. The highest BCUT2D eigenvalue weighted by atomic mass is 16.7. The lowest BCUT2D eigenvalue weighted by molar-refractivity contribution is -0.179. The van der Waals surface area contributed by atoms with Crippen LogP contribution in [0.25, 0.3) is 0 Å². The monoisotopic (exact) mass is 420 g/mol. The number of hydrogen-bond acceptors (Lipinski definition) is 8. The zero-order valence-electron chi connectivity index (χ0n) is 17.7. The van der Waals surface area contributed by atoms with E-state index in [4.69, 9.17) is 23.7 Å². The summed E-state index contributed by atoms with van der Waals surface area (Å²) in [7, 11) is 2.75. The van der Waals surface area contributed by atoms with Gasteiger partial charge in [0.2, 0.25) is 5.79 Å². The van der Waals surface area contributed by atoms with Crippen LogP contribution in [-0.4, -0.2) is 60.5 Å². The number of methoxy groups -OCH3 is 2. The number of aliphatic hydroxyl groups is 1. The maximum Gasteiger partial charge on any atom is 0.341 e. The summed E-state index contributed by atoms with van der Waals surface area (Å²) in [4.78, 5) is 25.0. The maximum absolute atomic E-state index is 12.5. The molecule has 0 spiro atoms. The van der Waals surface area contributed by atoms with Gasteiger partial charge >= 0.3 is 11.9 Å². The zero-order valence-corrected chi connectivity index (χ0v) is 17.7. The van der Waals surface area contributed by atoms with E-state index < -0.39 is 29.1 Å². The fourth-order valence-electron chi connectivity index (χ4n) is 4.80. The molecule has 1 N–H and O–H groups in total. The van der Waals surface area contributed by atoms with Crippen molar-refractivity contribution in [1.82, 2.24) is 0 Å². The molecule has 0 saturated carbocycles. The standard InChI is InChI=1S/C22H28O8/c1-12(2)13-6-7-21-17(30-21)16(28-19(21)24)11-20(3,25)10-14-8-15(18(23)26-4)22(9-13,27-5)29-14/h8,10,13,16-17,25H,1,6-7,9,11H2,2-5H3. The first-order chi connectivity index (χ1) is 14.1. The molecule has 164 valence electrons. The minimum Gasteiger partial charge on any atom is -0.465 e. The molecule has 6 unspecified atom stereocenters. The summed E-state index contributed by atoms with van der Waals surface area (Å²) >= 11 is 0. The molecule has 4 aliphatic rings. The van der Waals surface area contributed by atoms with E-state index in [-0.39, 0.29) is 35.7 Å². The molecule has 2 saturated heterocycles. The summed E-state index contributed by atoms with van der Waals surface area (Å²) in [5, 5.41) is 11.0. The molecular weight excluding hydrogens is 392 g/mol. The van der Waals surface area contributed by atoms with Crippen LogP contribution >= 0.6 is 0 Å². The molecule has 4 aliphatic heterocycles. The Kier molecular flexibility index (Phi) is 4.87. The van der Waals surface area contributed by atoms with E-state index in [0.29, 0.717) is 19.3 Å². The zero-order chi connectivity index (χ0) is 21.9. The van der Waals surface area contributed by atoms with Gasteiger partial charge in [-0.15, -0.1) is 0 Å². The summed E-state index contributed by atoms with van der Waals surface area (Å²) in [6.07, 6.45) is 3.57. The van der Waals surface area contributed by atoms with Crippen molar-refractivity contribution in [3.8, 4) is 0 Å². The van der Waals surface area contributed by atoms with Gasteiger partial charge in [0.1, 0.15) is 23.5 Å². The molecule has 2 fully saturated rings. The maximum atomic E-state index is 12.5. The Labute approximate surface area is 175 Å². The normalized spacial score (nSPS) is 42.3. The Morgan fingerprint density at radius 3 is 2.67 bits per heavy atom. The first-order valence-electron chi connectivity index (χ1n) is 10.1. The summed E-state index contributed by atoms with van der Waals surface area (Å²) in [6.45, 7) is 7.57. The van der Waals surface area contributed by atoms with Crippen molar-refractivity contribution in [3.05, 3.63) is 35.6 Å². The lowest BCUT2D eigenvalue weighted by Gasteiger charge is -2.33. The van der Waals surface area contributed by atoms with E-state index in [1.165, 1.54) is 26.4 Å². The first-order valence-corrected chi connectivity index (χ1v) is 10.1. The Hall–Kier alpha value is -2.16. The number of rotatable bonds is 3. The van der Waals surface area contributed by atoms with E-state index >= 15 is 0 Å². The van der Waals surface area contributed by atoms with Gasteiger partial charge in [0.05, 0.1) is 12.7 Å². The van der Waals surface area contributed by atoms with Crippen LogP contribution in [0.15, 0.2) is 35.6 Å². The van der Waals surface area contributed by atoms with Gasteiger partial charge < -0.3 is 28.8 Å². The lowest BCUT2D eigenvalue weighted by Crippen LogP contribution is -2.39. The molecule has 0 aromatic heterocycles. The number of esters is 2. The molecular formula is C22H28O8. The average Bonchev–Trinajstić information content (AvgIpc) is 3.24. The van der Waals surface area contributed by atoms with Crippen molar-refractivity contribution in [3.63, 3.8) is 0 Å². The van der Waals surface area contributed by atoms with E-state index in [1.807, 2.05) is 6.92 Å². The Bertz CT molecular complexity index is 855. The van der Waals surface area contributed by atoms with Gasteiger partial charge in [-0.3, -0.25) is 0 Å². The predicted molar refractivity (Wildman–Crippen MR) is 104 cm³/mol. The fraction of sp³-hybridized carbons (Fsp3) is 0.636. The van der Waals surface area contributed by atoms with Gasteiger partial charge in [-0.25, -0.2) is 9.59 Å². The highest BCUT2D eigenvalue weighted by Crippen LogP contribution is 2.53. The lowest BCUT2D eigenvalue weighted by atomic mass is 9.83. The van der Waals surface area contributed by atoms with Crippen LogP contribution in [0.5, 0.6) is 0 Å². The highest BCUT2D eigenvalue weighted by Gasteiger charge is 2.72. The van der Waals surface area contributed by atoms with Crippen LogP contribution in [0.3, 0.4) is 0 Å². The molecule has 8 nitrogen and oxygen atoms in total.